The maximum absolute atomic E-state index is 7.12. The third kappa shape index (κ3) is 7.95. The number of hydrogen-bond donors (Lipinski definition) is 3. The first-order valence-electron chi connectivity index (χ1n) is 12.3. The normalized spacial score (nSPS) is 10.8. The maximum Gasteiger partial charge on any atom is 0.140 e. The molecule has 3 aromatic heterocycles. The van der Waals surface area contributed by atoms with E-state index in [9.17, 15) is 0 Å². The summed E-state index contributed by atoms with van der Waals surface area (Å²) in [5.41, 5.74) is 6.48. The highest BCUT2D eigenvalue weighted by molar-refractivity contribution is 6.40. The lowest BCUT2D eigenvalue weighted by Gasteiger charge is -2.22. The summed E-state index contributed by atoms with van der Waals surface area (Å²) >= 11 is 13.2. The van der Waals surface area contributed by atoms with Crippen molar-refractivity contribution in [3.05, 3.63) is 124 Å². The summed E-state index contributed by atoms with van der Waals surface area (Å²) in [6.45, 7) is 3.25. The minimum absolute atomic E-state index is 0.525. The predicted molar refractivity (Wildman–Crippen MR) is 157 cm³/mol. The zero-order chi connectivity index (χ0) is 27.6. The third-order valence-corrected chi connectivity index (χ3v) is 6.48. The molecule has 0 aliphatic rings. The Kier molecular flexibility index (Phi) is 10.2. The first kappa shape index (κ1) is 28.4. The van der Waals surface area contributed by atoms with Gasteiger partial charge in [-0.3, -0.25) is 14.9 Å². The summed E-state index contributed by atoms with van der Waals surface area (Å²) in [5.74, 6) is 0. The van der Waals surface area contributed by atoms with Gasteiger partial charge in [0.25, 0.3) is 0 Å². The maximum atomic E-state index is 7.12. The highest BCUT2D eigenvalue weighted by atomic mass is 35.5. The first-order chi connectivity index (χ1) is 19.0. The molecule has 0 aliphatic heterocycles. The number of nitrogens with one attached hydrogen (secondary N) is 1. The van der Waals surface area contributed by atoms with E-state index in [1.807, 2.05) is 73.1 Å². The molecule has 39 heavy (non-hydrogen) atoms. The SMILES string of the molecule is Cc1ccc(Nc2c(Cl)cc(Cl)c3ccc(CN(Cc4ccccn4)Cc4ccccn4)nc23)cc1.OCO. The van der Waals surface area contributed by atoms with Crippen LogP contribution in [-0.2, 0) is 19.6 Å². The number of aliphatic hydroxyl groups is 2. The molecule has 5 aromatic rings. The molecule has 2 aromatic carbocycles. The van der Waals surface area contributed by atoms with E-state index in [-0.39, 0.29) is 0 Å². The molecule has 0 bridgehead atoms. The van der Waals surface area contributed by atoms with Gasteiger partial charge in [-0.25, -0.2) is 4.98 Å². The third-order valence-electron chi connectivity index (χ3n) is 5.87. The Morgan fingerprint density at radius 2 is 1.33 bits per heavy atom. The van der Waals surface area contributed by atoms with Gasteiger partial charge < -0.3 is 15.5 Å². The number of aliphatic hydroxyl groups excluding tert-OH is 1. The minimum Gasteiger partial charge on any atom is -0.371 e. The summed E-state index contributed by atoms with van der Waals surface area (Å²) in [5, 5.41) is 19.6. The smallest absolute Gasteiger partial charge is 0.140 e. The van der Waals surface area contributed by atoms with E-state index < -0.39 is 6.79 Å². The largest absolute Gasteiger partial charge is 0.371 e. The fourth-order valence-electron chi connectivity index (χ4n) is 4.08. The van der Waals surface area contributed by atoms with Gasteiger partial charge in [0.1, 0.15) is 6.79 Å². The molecule has 0 saturated carbocycles. The van der Waals surface area contributed by atoms with Crippen LogP contribution in [0.25, 0.3) is 10.9 Å². The Morgan fingerprint density at radius 1 is 0.744 bits per heavy atom. The van der Waals surface area contributed by atoms with Gasteiger partial charge in [-0.05, 0) is 61.5 Å². The highest BCUT2D eigenvalue weighted by Gasteiger charge is 2.15. The van der Waals surface area contributed by atoms with E-state index in [0.29, 0.717) is 29.7 Å². The van der Waals surface area contributed by atoms with Gasteiger partial charge in [0, 0.05) is 43.1 Å². The van der Waals surface area contributed by atoms with Crippen LogP contribution in [-0.4, -0.2) is 36.9 Å². The van der Waals surface area contributed by atoms with E-state index in [2.05, 4.69) is 39.2 Å². The molecule has 0 amide bonds. The van der Waals surface area contributed by atoms with E-state index in [0.717, 1.165) is 39.4 Å². The van der Waals surface area contributed by atoms with Crippen LogP contribution in [0, 0.1) is 6.92 Å². The fourth-order valence-corrected chi connectivity index (χ4v) is 4.65. The minimum atomic E-state index is -0.750. The number of benzene rings is 2. The lowest BCUT2D eigenvalue weighted by molar-refractivity contribution is 0.0773. The molecule has 7 nitrogen and oxygen atoms in total. The number of aromatic nitrogens is 3. The van der Waals surface area contributed by atoms with Crippen molar-refractivity contribution in [3.63, 3.8) is 0 Å². The molecule has 0 fully saturated rings. The standard InChI is InChI=1S/C29H25Cl2N5.CH4O2/c1-20-8-10-21(11-9-20)34-29-27(31)16-26(30)25-13-12-24(35-28(25)29)19-36(17-22-6-2-4-14-32-22)18-23-7-3-5-15-33-23;2-1-3/h2-16,34H,17-19H2,1H3;2-3H,1H2. The highest BCUT2D eigenvalue weighted by Crippen LogP contribution is 2.37. The molecular weight excluding hydrogens is 533 g/mol. The van der Waals surface area contributed by atoms with Crippen molar-refractivity contribution < 1.29 is 10.2 Å². The van der Waals surface area contributed by atoms with Gasteiger partial charge in [0.05, 0.1) is 38.3 Å². The lowest BCUT2D eigenvalue weighted by Crippen LogP contribution is -2.24. The molecule has 0 unspecified atom stereocenters. The first-order valence-corrected chi connectivity index (χ1v) is 13.1. The lowest BCUT2D eigenvalue weighted by atomic mass is 10.1. The second-order valence-electron chi connectivity index (χ2n) is 8.83. The van der Waals surface area contributed by atoms with Gasteiger partial charge in [-0.15, -0.1) is 0 Å². The monoisotopic (exact) mass is 561 g/mol. The van der Waals surface area contributed by atoms with E-state index in [1.165, 1.54) is 5.56 Å². The Labute approximate surface area is 237 Å². The average molecular weight is 563 g/mol. The van der Waals surface area contributed by atoms with Crippen molar-refractivity contribution in [3.8, 4) is 0 Å². The number of aryl methyl sites for hydroxylation is 1. The van der Waals surface area contributed by atoms with Gasteiger partial charge >= 0.3 is 0 Å². The number of rotatable bonds is 8. The van der Waals surface area contributed by atoms with Gasteiger partial charge in [-0.1, -0.05) is 53.0 Å². The predicted octanol–water partition coefficient (Wildman–Crippen LogP) is 6.51. The summed E-state index contributed by atoms with van der Waals surface area (Å²) in [6.07, 6.45) is 3.63. The summed E-state index contributed by atoms with van der Waals surface area (Å²) in [7, 11) is 0. The molecule has 0 saturated heterocycles. The zero-order valence-corrected chi connectivity index (χ0v) is 22.9. The van der Waals surface area contributed by atoms with Crippen LogP contribution in [0.3, 0.4) is 0 Å². The Morgan fingerprint density at radius 3 is 1.90 bits per heavy atom. The van der Waals surface area contributed by atoms with Crippen molar-refractivity contribution >= 4 is 45.5 Å². The molecule has 0 atom stereocenters. The number of fused-ring (bicyclic) bond motifs is 1. The second-order valence-corrected chi connectivity index (χ2v) is 9.65. The average Bonchev–Trinajstić information content (AvgIpc) is 2.93. The van der Waals surface area contributed by atoms with E-state index in [4.69, 9.17) is 38.4 Å². The van der Waals surface area contributed by atoms with Crippen molar-refractivity contribution in [2.75, 3.05) is 12.1 Å². The van der Waals surface area contributed by atoms with Gasteiger partial charge in [-0.2, -0.15) is 0 Å². The van der Waals surface area contributed by atoms with Crippen LogP contribution in [0.4, 0.5) is 11.4 Å². The van der Waals surface area contributed by atoms with E-state index >= 15 is 0 Å². The van der Waals surface area contributed by atoms with Crippen LogP contribution in [0.2, 0.25) is 10.0 Å². The van der Waals surface area contributed by atoms with Crippen LogP contribution in [0.5, 0.6) is 0 Å². The summed E-state index contributed by atoms with van der Waals surface area (Å²) < 4.78 is 0. The molecule has 5 rings (SSSR count). The van der Waals surface area contributed by atoms with Crippen molar-refractivity contribution in [1.29, 1.82) is 0 Å². The van der Waals surface area contributed by atoms with Crippen LogP contribution in [0.1, 0.15) is 22.6 Å². The Hall–Kier alpha value is -3.59. The Balaban J connectivity index is 0.00000112. The van der Waals surface area contributed by atoms with Gasteiger partial charge in [0.2, 0.25) is 0 Å². The molecular formula is C30H29Cl2N5O2. The number of nitrogens with zero attached hydrogens (tertiary/aromatic N) is 4. The molecule has 0 radical (unpaired) electrons. The zero-order valence-electron chi connectivity index (χ0n) is 21.4. The number of pyridine rings is 3. The second kappa shape index (κ2) is 14.0. The molecule has 9 heteroatoms. The van der Waals surface area contributed by atoms with Gasteiger partial charge in [0.15, 0.2) is 0 Å². The number of anilines is 2. The summed E-state index contributed by atoms with van der Waals surface area (Å²) in [4.78, 5) is 16.3. The van der Waals surface area contributed by atoms with Crippen LogP contribution < -0.4 is 5.32 Å². The molecule has 0 spiro atoms. The van der Waals surface area contributed by atoms with Crippen molar-refractivity contribution in [1.82, 2.24) is 19.9 Å². The molecule has 3 heterocycles. The number of halogens is 2. The van der Waals surface area contributed by atoms with E-state index in [1.54, 1.807) is 6.07 Å². The molecule has 0 aliphatic carbocycles. The van der Waals surface area contributed by atoms with Crippen LogP contribution >= 0.6 is 23.2 Å². The fraction of sp³-hybridized carbons (Fsp3) is 0.167. The summed E-state index contributed by atoms with van der Waals surface area (Å²) in [6, 6.07) is 25.9. The van der Waals surface area contributed by atoms with Crippen molar-refractivity contribution in [2.45, 2.75) is 26.6 Å². The quantitative estimate of drug-likeness (QED) is 0.186. The van der Waals surface area contributed by atoms with Crippen LogP contribution in [0.15, 0.2) is 91.3 Å². The molecule has 3 N–H and O–H groups in total. The topological polar surface area (TPSA) is 94.4 Å². The molecule has 200 valence electrons. The Bertz CT molecular complexity index is 1450. The number of hydrogen-bond acceptors (Lipinski definition) is 7. The van der Waals surface area contributed by atoms with Crippen molar-refractivity contribution in [2.24, 2.45) is 0 Å².